The molecule has 0 spiro atoms. The zero-order chi connectivity index (χ0) is 18.0. The molecule has 1 saturated heterocycles. The number of hydrogen-bond donors (Lipinski definition) is 2. The molecular formula is C16H21N3O5S. The number of benzene rings is 1. The number of likely N-dealkylation sites (tertiary alicyclic amines) is 1. The fraction of sp³-hybridized carbons (Fsp3) is 0.500. The molecule has 136 valence electrons. The van der Waals surface area contributed by atoms with Gasteiger partial charge in [-0.3, -0.25) is 9.59 Å². The smallest absolute Gasteiger partial charge is 0.262 e. The van der Waals surface area contributed by atoms with Crippen LogP contribution in [0.2, 0.25) is 0 Å². The van der Waals surface area contributed by atoms with E-state index in [1.165, 1.54) is 25.1 Å². The van der Waals surface area contributed by atoms with E-state index < -0.39 is 16.1 Å². The highest BCUT2D eigenvalue weighted by atomic mass is 32.2. The average molecular weight is 367 g/mol. The molecule has 2 N–H and O–H groups in total. The lowest BCUT2D eigenvalue weighted by Gasteiger charge is -2.29. The van der Waals surface area contributed by atoms with Crippen molar-refractivity contribution in [3.05, 3.63) is 18.2 Å². The van der Waals surface area contributed by atoms with Gasteiger partial charge in [0.05, 0.1) is 16.6 Å². The molecule has 2 heterocycles. The molecule has 1 aromatic rings. The number of amides is 2. The summed E-state index contributed by atoms with van der Waals surface area (Å²) in [5.41, 5.74) is 0.300. The summed E-state index contributed by atoms with van der Waals surface area (Å²) < 4.78 is 32.8. The Hall–Kier alpha value is -2.13. The van der Waals surface area contributed by atoms with E-state index in [9.17, 15) is 18.0 Å². The summed E-state index contributed by atoms with van der Waals surface area (Å²) in [5.74, 6) is -0.155. The molecule has 2 aliphatic heterocycles. The van der Waals surface area contributed by atoms with Gasteiger partial charge in [-0.05, 0) is 44.4 Å². The Labute approximate surface area is 146 Å². The van der Waals surface area contributed by atoms with Gasteiger partial charge in [0.2, 0.25) is 15.9 Å². The lowest BCUT2D eigenvalue weighted by atomic mass is 10.1. The van der Waals surface area contributed by atoms with Gasteiger partial charge in [0.15, 0.2) is 6.61 Å². The van der Waals surface area contributed by atoms with Gasteiger partial charge in [-0.2, -0.15) is 4.72 Å². The zero-order valence-electron chi connectivity index (χ0n) is 13.9. The van der Waals surface area contributed by atoms with E-state index in [0.29, 0.717) is 24.5 Å². The van der Waals surface area contributed by atoms with Crippen molar-refractivity contribution in [3.63, 3.8) is 0 Å². The number of nitrogens with zero attached hydrogens (tertiary/aromatic N) is 1. The van der Waals surface area contributed by atoms with Gasteiger partial charge >= 0.3 is 0 Å². The van der Waals surface area contributed by atoms with Crippen LogP contribution in [0, 0.1) is 0 Å². The van der Waals surface area contributed by atoms with E-state index >= 15 is 0 Å². The second-order valence-electron chi connectivity index (χ2n) is 6.22. The van der Waals surface area contributed by atoms with E-state index in [-0.39, 0.29) is 23.3 Å². The molecule has 2 amide bonds. The number of sulfonamides is 1. The molecule has 1 atom stereocenters. The lowest BCUT2D eigenvalue weighted by molar-refractivity contribution is -0.133. The Balaban J connectivity index is 1.74. The van der Waals surface area contributed by atoms with E-state index in [1.807, 2.05) is 0 Å². The fourth-order valence-corrected chi connectivity index (χ4v) is 4.19. The summed E-state index contributed by atoms with van der Waals surface area (Å²) in [6.07, 6.45) is 2.97. The molecule has 2 aliphatic rings. The molecule has 1 fully saturated rings. The minimum atomic E-state index is -3.90. The number of nitrogens with one attached hydrogen (secondary N) is 2. The topological polar surface area (TPSA) is 105 Å². The van der Waals surface area contributed by atoms with Gasteiger partial charge in [0, 0.05) is 13.1 Å². The summed E-state index contributed by atoms with van der Waals surface area (Å²) >= 11 is 0. The highest BCUT2D eigenvalue weighted by molar-refractivity contribution is 7.89. The summed E-state index contributed by atoms with van der Waals surface area (Å²) in [6, 6.07) is 3.34. The van der Waals surface area contributed by atoms with Crippen LogP contribution in [0.25, 0.3) is 0 Å². The SMILES string of the molecule is CC(NS(=O)(=O)c1ccc2c(c1)NC(=O)CO2)C(=O)N1CCCCC1. The molecule has 3 rings (SSSR count). The number of hydrogen-bond acceptors (Lipinski definition) is 5. The minimum Gasteiger partial charge on any atom is -0.482 e. The molecule has 0 saturated carbocycles. The molecule has 8 nitrogen and oxygen atoms in total. The van der Waals surface area contributed by atoms with Crippen LogP contribution in [-0.4, -0.2) is 50.9 Å². The first kappa shape index (κ1) is 17.7. The lowest BCUT2D eigenvalue weighted by Crippen LogP contribution is -2.48. The van der Waals surface area contributed by atoms with Crippen molar-refractivity contribution in [1.29, 1.82) is 0 Å². The molecule has 9 heteroatoms. The van der Waals surface area contributed by atoms with Crippen molar-refractivity contribution in [3.8, 4) is 5.75 Å². The van der Waals surface area contributed by atoms with Crippen molar-refractivity contribution in [1.82, 2.24) is 9.62 Å². The van der Waals surface area contributed by atoms with Gasteiger partial charge in [0.25, 0.3) is 5.91 Å². The molecule has 1 unspecified atom stereocenters. The highest BCUT2D eigenvalue weighted by Gasteiger charge is 2.27. The Bertz CT molecular complexity index is 787. The summed E-state index contributed by atoms with van der Waals surface area (Å²) in [6.45, 7) is 2.76. The van der Waals surface area contributed by atoms with Crippen molar-refractivity contribution < 1.29 is 22.7 Å². The third-order valence-corrected chi connectivity index (χ3v) is 5.80. The van der Waals surface area contributed by atoms with Crippen LogP contribution in [0.4, 0.5) is 5.69 Å². The maximum absolute atomic E-state index is 12.6. The Morgan fingerprint density at radius 2 is 2.00 bits per heavy atom. The quantitative estimate of drug-likeness (QED) is 0.815. The van der Waals surface area contributed by atoms with E-state index in [1.54, 1.807) is 4.90 Å². The first-order valence-electron chi connectivity index (χ1n) is 8.24. The Morgan fingerprint density at radius 1 is 1.28 bits per heavy atom. The predicted molar refractivity (Wildman–Crippen MR) is 90.8 cm³/mol. The Kier molecular flexibility index (Phi) is 4.96. The van der Waals surface area contributed by atoms with Crippen LogP contribution in [0.15, 0.2) is 23.1 Å². The van der Waals surface area contributed by atoms with Crippen molar-refractivity contribution in [2.75, 3.05) is 25.0 Å². The number of rotatable bonds is 4. The minimum absolute atomic E-state index is 0.0321. The van der Waals surface area contributed by atoms with Gasteiger partial charge in [-0.1, -0.05) is 0 Å². The van der Waals surface area contributed by atoms with Crippen molar-refractivity contribution >= 4 is 27.5 Å². The monoisotopic (exact) mass is 367 g/mol. The zero-order valence-corrected chi connectivity index (χ0v) is 14.8. The summed E-state index contributed by atoms with van der Waals surface area (Å²) in [5, 5.41) is 2.57. The third-order valence-electron chi connectivity index (χ3n) is 4.26. The Morgan fingerprint density at radius 3 is 2.72 bits per heavy atom. The van der Waals surface area contributed by atoms with Crippen LogP contribution in [-0.2, 0) is 19.6 Å². The van der Waals surface area contributed by atoms with E-state index in [4.69, 9.17) is 4.74 Å². The second-order valence-corrected chi connectivity index (χ2v) is 7.94. The molecule has 0 bridgehead atoms. The molecular weight excluding hydrogens is 346 g/mol. The number of piperidine rings is 1. The maximum Gasteiger partial charge on any atom is 0.262 e. The maximum atomic E-state index is 12.6. The van der Waals surface area contributed by atoms with E-state index in [2.05, 4.69) is 10.0 Å². The van der Waals surface area contributed by atoms with Crippen LogP contribution in [0.5, 0.6) is 5.75 Å². The standard InChI is InChI=1S/C16H21N3O5S/c1-11(16(21)19-7-3-2-4-8-19)18-25(22,23)12-5-6-14-13(9-12)17-15(20)10-24-14/h5-6,9,11,18H,2-4,7-8,10H2,1H3,(H,17,20). The van der Waals surface area contributed by atoms with Gasteiger partial charge < -0.3 is 15.0 Å². The number of anilines is 1. The molecule has 1 aromatic carbocycles. The predicted octanol–water partition coefficient (Wildman–Crippen LogP) is 0.697. The number of ether oxygens (including phenoxy) is 1. The normalized spacial score (nSPS) is 18.8. The molecule has 0 aliphatic carbocycles. The van der Waals surface area contributed by atoms with Crippen molar-refractivity contribution in [2.24, 2.45) is 0 Å². The summed E-state index contributed by atoms with van der Waals surface area (Å²) in [7, 11) is -3.90. The van der Waals surface area contributed by atoms with Crippen LogP contribution < -0.4 is 14.8 Å². The number of carbonyl (C=O) groups excluding carboxylic acids is 2. The highest BCUT2D eigenvalue weighted by Crippen LogP contribution is 2.30. The summed E-state index contributed by atoms with van der Waals surface area (Å²) in [4.78, 5) is 25.4. The second kappa shape index (κ2) is 7.01. The van der Waals surface area contributed by atoms with Crippen LogP contribution in [0.3, 0.4) is 0 Å². The first-order chi connectivity index (χ1) is 11.9. The molecule has 25 heavy (non-hydrogen) atoms. The number of fused-ring (bicyclic) bond motifs is 1. The van der Waals surface area contributed by atoms with Crippen LogP contribution >= 0.6 is 0 Å². The van der Waals surface area contributed by atoms with Gasteiger partial charge in [0.1, 0.15) is 5.75 Å². The molecule has 0 aromatic heterocycles. The number of carbonyl (C=O) groups is 2. The fourth-order valence-electron chi connectivity index (χ4n) is 2.97. The first-order valence-corrected chi connectivity index (χ1v) is 9.73. The van der Waals surface area contributed by atoms with Gasteiger partial charge in [-0.25, -0.2) is 8.42 Å². The molecule has 0 radical (unpaired) electrons. The van der Waals surface area contributed by atoms with Crippen LogP contribution in [0.1, 0.15) is 26.2 Å². The largest absolute Gasteiger partial charge is 0.482 e. The third kappa shape index (κ3) is 3.93. The average Bonchev–Trinajstić information content (AvgIpc) is 2.60. The van der Waals surface area contributed by atoms with E-state index in [0.717, 1.165) is 19.3 Å². The van der Waals surface area contributed by atoms with Crippen molar-refractivity contribution in [2.45, 2.75) is 37.1 Å². The van der Waals surface area contributed by atoms with Gasteiger partial charge in [-0.15, -0.1) is 0 Å².